The molecule has 0 radical (unpaired) electrons. The summed E-state index contributed by atoms with van der Waals surface area (Å²) < 4.78 is 7.31. The van der Waals surface area contributed by atoms with Crippen LogP contribution < -0.4 is 10.6 Å². The van der Waals surface area contributed by atoms with E-state index in [0.717, 1.165) is 17.3 Å². The van der Waals surface area contributed by atoms with Crippen molar-refractivity contribution in [2.45, 2.75) is 19.4 Å². The van der Waals surface area contributed by atoms with Crippen LogP contribution in [0.1, 0.15) is 13.8 Å². The standard InChI is InChI=1S/C12H19N5O/c1-12(2,18-4)8-15-10-11-14-5-6-17(11)7-9(13-3)16-10/h5-7,13H,8H2,1-4H3,(H,15,16). The van der Waals surface area contributed by atoms with Gasteiger partial charge in [-0.15, -0.1) is 0 Å². The average Bonchev–Trinajstić information content (AvgIpc) is 2.84. The van der Waals surface area contributed by atoms with Crippen LogP contribution >= 0.6 is 0 Å². The van der Waals surface area contributed by atoms with Crippen molar-refractivity contribution < 1.29 is 4.74 Å². The van der Waals surface area contributed by atoms with E-state index in [-0.39, 0.29) is 5.60 Å². The van der Waals surface area contributed by atoms with Crippen LogP contribution in [0, 0.1) is 0 Å². The van der Waals surface area contributed by atoms with E-state index in [4.69, 9.17) is 4.74 Å². The first-order chi connectivity index (χ1) is 8.55. The number of aromatic nitrogens is 3. The Balaban J connectivity index is 2.28. The minimum Gasteiger partial charge on any atom is -0.377 e. The molecular formula is C12H19N5O. The molecule has 0 saturated heterocycles. The van der Waals surface area contributed by atoms with Gasteiger partial charge in [-0.05, 0) is 13.8 Å². The zero-order chi connectivity index (χ0) is 13.2. The lowest BCUT2D eigenvalue weighted by atomic mass is 10.1. The number of hydrogen-bond donors (Lipinski definition) is 2. The SMILES string of the molecule is CNc1cn2ccnc2c(NCC(C)(C)OC)n1. The number of imidazole rings is 1. The van der Waals surface area contributed by atoms with Gasteiger partial charge in [0.25, 0.3) is 0 Å². The second kappa shape index (κ2) is 4.81. The van der Waals surface area contributed by atoms with Crippen molar-refractivity contribution >= 4 is 17.3 Å². The molecule has 98 valence electrons. The zero-order valence-electron chi connectivity index (χ0n) is 11.2. The Kier molecular flexibility index (Phi) is 3.38. The molecule has 0 amide bonds. The smallest absolute Gasteiger partial charge is 0.180 e. The normalized spacial score (nSPS) is 11.8. The number of fused-ring (bicyclic) bond motifs is 1. The fourth-order valence-electron chi connectivity index (χ4n) is 1.54. The molecule has 18 heavy (non-hydrogen) atoms. The van der Waals surface area contributed by atoms with E-state index < -0.39 is 0 Å². The summed E-state index contributed by atoms with van der Waals surface area (Å²) in [6.07, 6.45) is 5.54. The summed E-state index contributed by atoms with van der Waals surface area (Å²) in [5, 5.41) is 6.31. The van der Waals surface area contributed by atoms with Gasteiger partial charge in [0.2, 0.25) is 0 Å². The molecule has 0 aliphatic heterocycles. The van der Waals surface area contributed by atoms with Gasteiger partial charge in [0.05, 0.1) is 11.8 Å². The summed E-state index contributed by atoms with van der Waals surface area (Å²) in [6.45, 7) is 4.70. The number of ether oxygens (including phenoxy) is 1. The second-order valence-electron chi connectivity index (χ2n) is 4.70. The third kappa shape index (κ3) is 2.53. The van der Waals surface area contributed by atoms with Crippen LogP contribution in [0.25, 0.3) is 5.65 Å². The van der Waals surface area contributed by atoms with E-state index in [1.807, 2.05) is 37.7 Å². The van der Waals surface area contributed by atoms with Gasteiger partial charge < -0.3 is 19.8 Å². The minimum atomic E-state index is -0.249. The quantitative estimate of drug-likeness (QED) is 0.843. The van der Waals surface area contributed by atoms with Crippen LogP contribution in [-0.4, -0.2) is 40.7 Å². The maximum Gasteiger partial charge on any atom is 0.180 e. The Morgan fingerprint density at radius 3 is 2.89 bits per heavy atom. The number of hydrogen-bond acceptors (Lipinski definition) is 5. The van der Waals surface area contributed by atoms with Crippen LogP contribution in [0.5, 0.6) is 0 Å². The number of rotatable bonds is 5. The van der Waals surface area contributed by atoms with Crippen LogP contribution in [0.2, 0.25) is 0 Å². The summed E-state index contributed by atoms with van der Waals surface area (Å²) in [5.74, 6) is 1.54. The topological polar surface area (TPSA) is 63.5 Å². The van der Waals surface area contributed by atoms with Crippen LogP contribution in [0.3, 0.4) is 0 Å². The third-order valence-electron chi connectivity index (χ3n) is 2.86. The molecule has 0 atom stereocenters. The predicted molar refractivity (Wildman–Crippen MR) is 72.1 cm³/mol. The van der Waals surface area contributed by atoms with Gasteiger partial charge in [-0.25, -0.2) is 9.97 Å². The van der Waals surface area contributed by atoms with E-state index >= 15 is 0 Å². The van der Waals surface area contributed by atoms with Gasteiger partial charge >= 0.3 is 0 Å². The number of nitrogens with one attached hydrogen (secondary N) is 2. The van der Waals surface area contributed by atoms with E-state index in [9.17, 15) is 0 Å². The third-order valence-corrected chi connectivity index (χ3v) is 2.86. The van der Waals surface area contributed by atoms with Crippen molar-refractivity contribution in [3.63, 3.8) is 0 Å². The van der Waals surface area contributed by atoms with Crippen molar-refractivity contribution in [3.05, 3.63) is 18.6 Å². The highest BCUT2D eigenvalue weighted by Gasteiger charge is 2.17. The van der Waals surface area contributed by atoms with Gasteiger partial charge in [0.1, 0.15) is 5.82 Å². The highest BCUT2D eigenvalue weighted by Crippen LogP contribution is 2.17. The van der Waals surface area contributed by atoms with Gasteiger partial charge in [-0.1, -0.05) is 0 Å². The summed E-state index contributed by atoms with van der Waals surface area (Å²) in [5.41, 5.74) is 0.557. The Bertz CT molecular complexity index is 534. The minimum absolute atomic E-state index is 0.249. The van der Waals surface area contributed by atoms with E-state index in [2.05, 4.69) is 20.6 Å². The Morgan fingerprint density at radius 2 is 2.22 bits per heavy atom. The molecule has 0 unspecified atom stereocenters. The lowest BCUT2D eigenvalue weighted by Crippen LogP contribution is -2.32. The average molecular weight is 249 g/mol. The lowest BCUT2D eigenvalue weighted by molar-refractivity contribution is 0.0343. The van der Waals surface area contributed by atoms with Gasteiger partial charge in [0, 0.05) is 33.1 Å². The van der Waals surface area contributed by atoms with E-state index in [0.29, 0.717) is 6.54 Å². The molecule has 2 aromatic heterocycles. The lowest BCUT2D eigenvalue weighted by Gasteiger charge is -2.23. The van der Waals surface area contributed by atoms with E-state index in [1.165, 1.54) is 0 Å². The largest absolute Gasteiger partial charge is 0.377 e. The molecule has 0 aliphatic rings. The van der Waals surface area contributed by atoms with Crippen molar-refractivity contribution in [2.24, 2.45) is 0 Å². The summed E-state index contributed by atoms with van der Waals surface area (Å²) in [7, 11) is 3.54. The highest BCUT2D eigenvalue weighted by molar-refractivity contribution is 5.65. The summed E-state index contributed by atoms with van der Waals surface area (Å²) >= 11 is 0. The maximum atomic E-state index is 5.38. The monoisotopic (exact) mass is 249 g/mol. The van der Waals surface area contributed by atoms with Crippen LogP contribution in [0.4, 0.5) is 11.6 Å². The van der Waals surface area contributed by atoms with Crippen molar-refractivity contribution in [1.29, 1.82) is 0 Å². The van der Waals surface area contributed by atoms with Crippen molar-refractivity contribution in [2.75, 3.05) is 31.3 Å². The van der Waals surface area contributed by atoms with Gasteiger partial charge in [-0.2, -0.15) is 0 Å². The Hall–Kier alpha value is -1.82. The van der Waals surface area contributed by atoms with Crippen LogP contribution in [-0.2, 0) is 4.74 Å². The molecule has 0 spiro atoms. The fraction of sp³-hybridized carbons (Fsp3) is 0.500. The van der Waals surface area contributed by atoms with Crippen molar-refractivity contribution in [1.82, 2.24) is 14.4 Å². The number of methoxy groups -OCH3 is 1. The molecule has 2 aromatic rings. The molecule has 0 fully saturated rings. The molecule has 2 heterocycles. The first kappa shape index (κ1) is 12.6. The van der Waals surface area contributed by atoms with Gasteiger partial charge in [0.15, 0.2) is 11.5 Å². The molecule has 2 rings (SSSR count). The summed E-state index contributed by atoms with van der Waals surface area (Å²) in [6, 6.07) is 0. The molecule has 2 N–H and O–H groups in total. The Morgan fingerprint density at radius 1 is 1.44 bits per heavy atom. The number of anilines is 2. The molecular weight excluding hydrogens is 230 g/mol. The van der Waals surface area contributed by atoms with Crippen LogP contribution in [0.15, 0.2) is 18.6 Å². The van der Waals surface area contributed by atoms with Gasteiger partial charge in [-0.3, -0.25) is 0 Å². The second-order valence-corrected chi connectivity index (χ2v) is 4.70. The maximum absolute atomic E-state index is 5.38. The zero-order valence-corrected chi connectivity index (χ0v) is 11.2. The Labute approximate surface area is 106 Å². The molecule has 0 bridgehead atoms. The van der Waals surface area contributed by atoms with Crippen molar-refractivity contribution in [3.8, 4) is 0 Å². The first-order valence-corrected chi connectivity index (χ1v) is 5.86. The molecule has 0 saturated carbocycles. The first-order valence-electron chi connectivity index (χ1n) is 5.86. The molecule has 0 aliphatic carbocycles. The highest BCUT2D eigenvalue weighted by atomic mass is 16.5. The molecule has 6 nitrogen and oxygen atoms in total. The molecule has 6 heteroatoms. The fourth-order valence-corrected chi connectivity index (χ4v) is 1.54. The summed E-state index contributed by atoms with van der Waals surface area (Å²) in [4.78, 5) is 8.76. The number of nitrogens with zero attached hydrogens (tertiary/aromatic N) is 3. The van der Waals surface area contributed by atoms with E-state index in [1.54, 1.807) is 13.3 Å². The molecule has 0 aromatic carbocycles. The predicted octanol–water partition coefficient (Wildman–Crippen LogP) is 1.61.